The van der Waals surface area contributed by atoms with Gasteiger partial charge in [0.25, 0.3) is 0 Å². The maximum Gasteiger partial charge on any atom is 0.316 e. The molecule has 1 aliphatic rings. The van der Waals surface area contributed by atoms with Crippen LogP contribution in [-0.4, -0.2) is 43.6 Å². The summed E-state index contributed by atoms with van der Waals surface area (Å²) in [4.78, 5) is 15.9. The van der Waals surface area contributed by atoms with Gasteiger partial charge in [-0.05, 0) is 29.8 Å². The number of hydrogen-bond acceptors (Lipinski definition) is 5. The van der Waals surface area contributed by atoms with Gasteiger partial charge < -0.3 is 12.7 Å². The molecule has 1 aliphatic heterocycles. The monoisotopic (exact) mass is 466 g/mol. The highest BCUT2D eigenvalue weighted by Gasteiger charge is 2.18. The van der Waals surface area contributed by atoms with Gasteiger partial charge in [0.05, 0.1) is 6.42 Å². The number of ether oxygens (including phenoxy) is 1. The van der Waals surface area contributed by atoms with Gasteiger partial charge in [0.1, 0.15) is 12.4 Å². The maximum atomic E-state index is 11.2. The summed E-state index contributed by atoms with van der Waals surface area (Å²) in [5, 5.41) is 0. The Morgan fingerprint density at radius 1 is 0.962 bits per heavy atom. The molecule has 0 amide bonds. The highest BCUT2D eigenvalue weighted by Crippen LogP contribution is 2.21. The van der Waals surface area contributed by atoms with Crippen molar-refractivity contribution in [1.82, 2.24) is 4.90 Å². The first-order valence-electron chi connectivity index (χ1n) is 8.80. The molecule has 0 N–H and O–H groups in total. The van der Waals surface area contributed by atoms with Gasteiger partial charge in [-0.1, -0.05) is 30.3 Å². The van der Waals surface area contributed by atoms with Gasteiger partial charge in [0.15, 0.2) is 23.0 Å². The summed E-state index contributed by atoms with van der Waals surface area (Å²) >= 11 is 1.64. The fourth-order valence-electron chi connectivity index (χ4n) is 3.01. The van der Waals surface area contributed by atoms with Crippen molar-refractivity contribution in [2.24, 2.45) is 0 Å². The van der Waals surface area contributed by atoms with E-state index in [1.807, 2.05) is 30.3 Å². The molecule has 138 valence electrons. The minimum absolute atomic E-state index is 0.154. The summed E-state index contributed by atoms with van der Waals surface area (Å²) in [6, 6.07) is 18.5. The van der Waals surface area contributed by atoms with Gasteiger partial charge >= 0.3 is 5.97 Å². The Bertz CT molecular complexity index is 686. The van der Waals surface area contributed by atoms with E-state index in [-0.39, 0.29) is 5.97 Å². The zero-order valence-electron chi connectivity index (χ0n) is 14.6. The summed E-state index contributed by atoms with van der Waals surface area (Å²) in [6.45, 7) is 5.19. The largest absolute Gasteiger partial charge is 0.489 e. The predicted octanol–water partition coefficient (Wildman–Crippen LogP) is 3.67. The first kappa shape index (κ1) is 19.0. The lowest BCUT2D eigenvalue weighted by Gasteiger charge is -2.36. The minimum atomic E-state index is -0.154. The van der Waals surface area contributed by atoms with Gasteiger partial charge in [-0.3, -0.25) is 9.69 Å². The average molecular weight is 466 g/mol. The summed E-state index contributed by atoms with van der Waals surface area (Å²) in [6.07, 6.45) is 0.455. The van der Waals surface area contributed by atoms with Crippen molar-refractivity contribution < 1.29 is 12.6 Å². The second-order valence-corrected chi connectivity index (χ2v) is 6.74. The van der Waals surface area contributed by atoms with Crippen molar-refractivity contribution in [2.75, 3.05) is 37.6 Å². The third-order valence-corrected chi connectivity index (χ3v) is 5.03. The molecule has 0 aliphatic carbocycles. The molecule has 0 bridgehead atoms. The number of carbonyl (C=O) groups excluding carboxylic acids is 1. The Morgan fingerprint density at radius 2 is 1.65 bits per heavy atom. The predicted molar refractivity (Wildman–Crippen MR) is 111 cm³/mol. The second-order valence-electron chi connectivity index (χ2n) is 6.30. The Morgan fingerprint density at radius 3 is 2.31 bits per heavy atom. The van der Waals surface area contributed by atoms with Crippen molar-refractivity contribution >= 4 is 34.7 Å². The molecule has 0 unspecified atom stereocenters. The Kier molecular flexibility index (Phi) is 7.13. The summed E-state index contributed by atoms with van der Waals surface area (Å²) in [5.74, 6) is 0.729. The molecule has 0 aromatic heterocycles. The highest BCUT2D eigenvalue weighted by atomic mass is 127. The smallest absolute Gasteiger partial charge is 0.316 e. The molecule has 0 radical (unpaired) electrons. The third-order valence-electron chi connectivity index (χ3n) is 4.54. The number of anilines is 1. The number of hydrogen-bond donors (Lipinski definition) is 0. The SMILES string of the molecule is O=C(CCN1CCN(c2ccc(OCc3ccccc3)cc2)CC1)OI. The maximum absolute atomic E-state index is 11.2. The average Bonchev–Trinajstić information content (AvgIpc) is 2.72. The molecular weight excluding hydrogens is 443 g/mol. The lowest BCUT2D eigenvalue weighted by molar-refractivity contribution is -0.131. The van der Waals surface area contributed by atoms with E-state index in [0.29, 0.717) is 13.0 Å². The Labute approximate surface area is 168 Å². The van der Waals surface area contributed by atoms with Crippen LogP contribution in [0, 0.1) is 0 Å². The van der Waals surface area contributed by atoms with E-state index >= 15 is 0 Å². The van der Waals surface area contributed by atoms with Gasteiger partial charge in [0.2, 0.25) is 0 Å². The van der Waals surface area contributed by atoms with E-state index in [1.54, 1.807) is 23.0 Å². The summed E-state index contributed by atoms with van der Waals surface area (Å²) in [7, 11) is 0. The van der Waals surface area contributed by atoms with Crippen LogP contribution in [0.4, 0.5) is 5.69 Å². The molecule has 1 fully saturated rings. The molecule has 2 aromatic rings. The van der Waals surface area contributed by atoms with Crippen LogP contribution in [0.15, 0.2) is 54.6 Å². The number of rotatable bonds is 7. The number of carbonyl (C=O) groups is 1. The molecule has 6 heteroatoms. The third kappa shape index (κ3) is 5.60. The fraction of sp³-hybridized carbons (Fsp3) is 0.350. The number of nitrogens with zero attached hydrogens (tertiary/aromatic N) is 2. The van der Waals surface area contributed by atoms with Crippen LogP contribution in [0.3, 0.4) is 0 Å². The van der Waals surface area contributed by atoms with Crippen molar-refractivity contribution in [2.45, 2.75) is 13.0 Å². The van der Waals surface area contributed by atoms with Gasteiger partial charge in [-0.2, -0.15) is 0 Å². The van der Waals surface area contributed by atoms with Crippen LogP contribution < -0.4 is 9.64 Å². The van der Waals surface area contributed by atoms with Crippen molar-refractivity contribution in [3.05, 3.63) is 60.2 Å². The van der Waals surface area contributed by atoms with E-state index in [1.165, 1.54) is 11.3 Å². The van der Waals surface area contributed by atoms with Gasteiger partial charge in [0, 0.05) is 38.4 Å². The number of halogens is 1. The second kappa shape index (κ2) is 9.78. The van der Waals surface area contributed by atoms with Crippen LogP contribution in [0.2, 0.25) is 0 Å². The highest BCUT2D eigenvalue weighted by molar-refractivity contribution is 14.1. The standard InChI is InChI=1S/C20H23IN2O3/c21-26-20(24)10-11-22-12-14-23(15-13-22)18-6-8-19(9-7-18)25-16-17-4-2-1-3-5-17/h1-9H,10-16H2. The first-order chi connectivity index (χ1) is 12.7. The van der Waals surface area contributed by atoms with Crippen LogP contribution in [0.1, 0.15) is 12.0 Å². The molecule has 0 atom stereocenters. The molecule has 26 heavy (non-hydrogen) atoms. The van der Waals surface area contributed by atoms with Crippen LogP contribution in [0.25, 0.3) is 0 Å². The van der Waals surface area contributed by atoms with Crippen molar-refractivity contribution in [3.8, 4) is 5.75 Å². The zero-order chi connectivity index (χ0) is 18.2. The molecule has 0 saturated carbocycles. The molecule has 1 saturated heterocycles. The number of piperazine rings is 1. The van der Waals surface area contributed by atoms with Crippen LogP contribution in [0.5, 0.6) is 5.75 Å². The first-order valence-corrected chi connectivity index (χ1v) is 9.68. The molecule has 1 heterocycles. The van der Waals surface area contributed by atoms with Gasteiger partial charge in [-0.25, -0.2) is 0 Å². The Balaban J connectivity index is 1.45. The molecule has 3 rings (SSSR count). The fourth-order valence-corrected chi connectivity index (χ4v) is 3.23. The molecule has 2 aromatic carbocycles. The minimum Gasteiger partial charge on any atom is -0.489 e. The van der Waals surface area contributed by atoms with Crippen LogP contribution >= 0.6 is 23.0 Å². The molecule has 0 spiro atoms. The van der Waals surface area contributed by atoms with Crippen molar-refractivity contribution in [1.29, 1.82) is 0 Å². The summed E-state index contributed by atoms with van der Waals surface area (Å²) < 4.78 is 10.5. The number of benzene rings is 2. The van der Waals surface area contributed by atoms with E-state index in [9.17, 15) is 4.79 Å². The van der Waals surface area contributed by atoms with Crippen molar-refractivity contribution in [3.63, 3.8) is 0 Å². The van der Waals surface area contributed by atoms with E-state index in [2.05, 4.69) is 37.1 Å². The van der Waals surface area contributed by atoms with E-state index < -0.39 is 0 Å². The molecule has 5 nitrogen and oxygen atoms in total. The Hall–Kier alpha value is -1.80. The van der Waals surface area contributed by atoms with E-state index in [4.69, 9.17) is 4.74 Å². The lowest BCUT2D eigenvalue weighted by Crippen LogP contribution is -2.46. The lowest BCUT2D eigenvalue weighted by atomic mass is 10.2. The zero-order valence-corrected chi connectivity index (χ0v) is 16.8. The van der Waals surface area contributed by atoms with E-state index in [0.717, 1.165) is 38.5 Å². The quantitative estimate of drug-likeness (QED) is 0.583. The summed E-state index contributed by atoms with van der Waals surface area (Å²) in [5.41, 5.74) is 2.38. The molecular formula is C20H23IN2O3. The normalized spacial score (nSPS) is 14.9. The topological polar surface area (TPSA) is 42.0 Å². The van der Waals surface area contributed by atoms with Crippen LogP contribution in [-0.2, 0) is 14.5 Å². The van der Waals surface area contributed by atoms with Gasteiger partial charge in [-0.15, -0.1) is 0 Å².